The number of carbonyl (C=O) groups excluding carboxylic acids is 1. The number of rotatable bonds is 4. The van der Waals surface area contributed by atoms with Crippen LogP contribution in [0, 0.1) is 5.92 Å². The van der Waals surface area contributed by atoms with Crippen LogP contribution < -0.4 is 11.1 Å². The lowest BCUT2D eigenvalue weighted by Gasteiger charge is -2.42. The van der Waals surface area contributed by atoms with Crippen LogP contribution >= 0.6 is 0 Å². The Morgan fingerprint density at radius 2 is 2.28 bits per heavy atom. The molecule has 0 radical (unpaired) electrons. The second kappa shape index (κ2) is 5.57. The first-order valence-electron chi connectivity index (χ1n) is 7.36. The first-order chi connectivity index (χ1) is 8.57. The molecule has 0 aromatic heterocycles. The van der Waals surface area contributed by atoms with Crippen molar-refractivity contribution in [3.05, 3.63) is 0 Å². The van der Waals surface area contributed by atoms with Crippen molar-refractivity contribution in [2.45, 2.75) is 57.5 Å². The summed E-state index contributed by atoms with van der Waals surface area (Å²) in [4.78, 5) is 14.4. The Hall–Kier alpha value is -0.610. The molecule has 2 aliphatic rings. The fourth-order valence-electron chi connectivity index (χ4n) is 3.67. The monoisotopic (exact) mass is 253 g/mol. The number of nitrogens with zero attached hydrogens (tertiary/aromatic N) is 1. The highest BCUT2D eigenvalue weighted by atomic mass is 16.1. The van der Waals surface area contributed by atoms with Crippen molar-refractivity contribution < 1.29 is 4.79 Å². The highest BCUT2D eigenvalue weighted by molar-refractivity contribution is 5.84. The van der Waals surface area contributed by atoms with E-state index in [0.29, 0.717) is 6.04 Å². The largest absolute Gasteiger partial charge is 0.368 e. The van der Waals surface area contributed by atoms with E-state index in [1.807, 2.05) is 6.92 Å². The molecular formula is C14H27N3O. The molecule has 4 heteroatoms. The van der Waals surface area contributed by atoms with Gasteiger partial charge in [0.2, 0.25) is 5.91 Å². The smallest absolute Gasteiger partial charge is 0.237 e. The molecule has 0 aromatic rings. The number of primary amides is 1. The normalized spacial score (nSPS) is 37.9. The van der Waals surface area contributed by atoms with Crippen LogP contribution in [0.4, 0.5) is 0 Å². The molecule has 3 N–H and O–H groups in total. The van der Waals surface area contributed by atoms with Crippen LogP contribution in [0.15, 0.2) is 0 Å². The highest BCUT2D eigenvalue weighted by Gasteiger charge is 2.42. The van der Waals surface area contributed by atoms with Gasteiger partial charge in [0.25, 0.3) is 0 Å². The molecule has 1 saturated carbocycles. The summed E-state index contributed by atoms with van der Waals surface area (Å²) in [7, 11) is 0. The average molecular weight is 253 g/mol. The zero-order valence-electron chi connectivity index (χ0n) is 11.7. The number of hydrogen-bond donors (Lipinski definition) is 2. The van der Waals surface area contributed by atoms with Crippen molar-refractivity contribution in [2.24, 2.45) is 11.7 Å². The van der Waals surface area contributed by atoms with Crippen LogP contribution in [-0.2, 0) is 4.79 Å². The number of amides is 1. The Morgan fingerprint density at radius 3 is 2.83 bits per heavy atom. The summed E-state index contributed by atoms with van der Waals surface area (Å²) in [5.41, 5.74) is 5.20. The zero-order valence-corrected chi connectivity index (χ0v) is 11.7. The van der Waals surface area contributed by atoms with Crippen LogP contribution in [0.3, 0.4) is 0 Å². The SMILES string of the molecule is CCNC1(C(N)=O)CCCC(N2CCC(C)C2)C1. The molecule has 3 unspecified atom stereocenters. The molecular weight excluding hydrogens is 226 g/mol. The molecule has 2 rings (SSSR count). The zero-order chi connectivity index (χ0) is 13.2. The Morgan fingerprint density at radius 1 is 1.50 bits per heavy atom. The summed E-state index contributed by atoms with van der Waals surface area (Å²) in [5.74, 6) is 0.635. The summed E-state index contributed by atoms with van der Waals surface area (Å²) >= 11 is 0. The lowest BCUT2D eigenvalue weighted by molar-refractivity contribution is -0.126. The Labute approximate surface area is 110 Å². The molecule has 1 amide bonds. The maximum atomic E-state index is 11.8. The van der Waals surface area contributed by atoms with E-state index in [1.54, 1.807) is 0 Å². The number of likely N-dealkylation sites (tertiary alicyclic amines) is 1. The van der Waals surface area contributed by atoms with Gasteiger partial charge in [-0.3, -0.25) is 4.79 Å². The Bertz CT molecular complexity index is 303. The van der Waals surface area contributed by atoms with Crippen molar-refractivity contribution in [3.63, 3.8) is 0 Å². The van der Waals surface area contributed by atoms with Crippen molar-refractivity contribution >= 4 is 5.91 Å². The highest BCUT2D eigenvalue weighted by Crippen LogP contribution is 2.33. The molecule has 0 spiro atoms. The van der Waals surface area contributed by atoms with Gasteiger partial charge in [0.15, 0.2) is 0 Å². The summed E-state index contributed by atoms with van der Waals surface area (Å²) in [5, 5.41) is 3.36. The summed E-state index contributed by atoms with van der Waals surface area (Å²) in [6.45, 7) is 7.55. The van der Waals surface area contributed by atoms with Crippen LogP contribution in [0.2, 0.25) is 0 Å². The van der Waals surface area contributed by atoms with Crippen LogP contribution in [-0.4, -0.2) is 42.0 Å². The van der Waals surface area contributed by atoms with Gasteiger partial charge in [-0.2, -0.15) is 0 Å². The van der Waals surface area contributed by atoms with Crippen LogP contribution in [0.25, 0.3) is 0 Å². The molecule has 1 saturated heterocycles. The van der Waals surface area contributed by atoms with E-state index < -0.39 is 5.54 Å². The minimum atomic E-state index is -0.455. The van der Waals surface area contributed by atoms with Crippen molar-refractivity contribution in [1.82, 2.24) is 10.2 Å². The van der Waals surface area contributed by atoms with Gasteiger partial charge < -0.3 is 16.0 Å². The number of nitrogens with one attached hydrogen (secondary N) is 1. The fourth-order valence-corrected chi connectivity index (χ4v) is 3.67. The van der Waals surface area contributed by atoms with Crippen molar-refractivity contribution in [1.29, 1.82) is 0 Å². The van der Waals surface area contributed by atoms with Gasteiger partial charge in [0, 0.05) is 12.6 Å². The van der Waals surface area contributed by atoms with E-state index in [4.69, 9.17) is 5.73 Å². The first kappa shape index (κ1) is 13.8. The summed E-state index contributed by atoms with van der Waals surface area (Å²) in [6, 6.07) is 0.537. The Kier molecular flexibility index (Phi) is 4.28. The molecule has 0 bridgehead atoms. The topological polar surface area (TPSA) is 58.4 Å². The molecule has 3 atom stereocenters. The predicted molar refractivity (Wildman–Crippen MR) is 73.2 cm³/mol. The van der Waals surface area contributed by atoms with E-state index in [0.717, 1.165) is 31.7 Å². The molecule has 1 heterocycles. The standard InChI is InChI=1S/C14H27N3O/c1-3-16-14(13(15)18)7-4-5-12(9-14)17-8-6-11(2)10-17/h11-12,16H,3-10H2,1-2H3,(H2,15,18). The first-order valence-corrected chi connectivity index (χ1v) is 7.36. The van der Waals surface area contributed by atoms with Gasteiger partial charge in [-0.15, -0.1) is 0 Å². The summed E-state index contributed by atoms with van der Waals surface area (Å²) < 4.78 is 0. The number of nitrogens with two attached hydrogens (primary N) is 1. The molecule has 104 valence electrons. The van der Waals surface area contributed by atoms with Gasteiger partial charge >= 0.3 is 0 Å². The van der Waals surface area contributed by atoms with Gasteiger partial charge in [0.05, 0.1) is 5.54 Å². The third-order valence-corrected chi connectivity index (χ3v) is 4.68. The second-order valence-electron chi connectivity index (χ2n) is 6.12. The number of likely N-dealkylation sites (N-methyl/N-ethyl adjacent to an activating group) is 1. The van der Waals surface area contributed by atoms with Crippen LogP contribution in [0.5, 0.6) is 0 Å². The second-order valence-corrected chi connectivity index (χ2v) is 6.12. The van der Waals surface area contributed by atoms with E-state index in [1.165, 1.54) is 25.9 Å². The lowest BCUT2D eigenvalue weighted by atomic mass is 9.77. The van der Waals surface area contributed by atoms with E-state index in [9.17, 15) is 4.79 Å². The predicted octanol–water partition coefficient (Wildman–Crippen LogP) is 1.10. The van der Waals surface area contributed by atoms with E-state index in [-0.39, 0.29) is 5.91 Å². The molecule has 4 nitrogen and oxygen atoms in total. The molecule has 18 heavy (non-hydrogen) atoms. The van der Waals surface area contributed by atoms with E-state index >= 15 is 0 Å². The summed E-state index contributed by atoms with van der Waals surface area (Å²) in [6.07, 6.45) is 5.40. The third kappa shape index (κ3) is 2.69. The molecule has 1 aliphatic heterocycles. The number of hydrogen-bond acceptors (Lipinski definition) is 3. The average Bonchev–Trinajstić information content (AvgIpc) is 2.76. The fraction of sp³-hybridized carbons (Fsp3) is 0.929. The Balaban J connectivity index is 2.04. The maximum Gasteiger partial charge on any atom is 0.237 e. The maximum absolute atomic E-state index is 11.8. The van der Waals surface area contributed by atoms with Gasteiger partial charge in [0.1, 0.15) is 0 Å². The van der Waals surface area contributed by atoms with Gasteiger partial charge in [-0.05, 0) is 51.1 Å². The van der Waals surface area contributed by atoms with E-state index in [2.05, 4.69) is 17.1 Å². The van der Waals surface area contributed by atoms with Gasteiger partial charge in [-0.1, -0.05) is 13.8 Å². The molecule has 1 aliphatic carbocycles. The number of carbonyl (C=O) groups is 1. The minimum absolute atomic E-state index is 0.165. The van der Waals surface area contributed by atoms with Gasteiger partial charge in [-0.25, -0.2) is 0 Å². The minimum Gasteiger partial charge on any atom is -0.368 e. The third-order valence-electron chi connectivity index (χ3n) is 4.68. The van der Waals surface area contributed by atoms with Crippen LogP contribution in [0.1, 0.15) is 46.0 Å². The molecule has 0 aromatic carbocycles. The lowest BCUT2D eigenvalue weighted by Crippen LogP contribution is -2.60. The quantitative estimate of drug-likeness (QED) is 0.789. The van der Waals surface area contributed by atoms with Crippen molar-refractivity contribution in [2.75, 3.05) is 19.6 Å². The molecule has 2 fully saturated rings. The van der Waals surface area contributed by atoms with Crippen molar-refractivity contribution in [3.8, 4) is 0 Å².